The summed E-state index contributed by atoms with van der Waals surface area (Å²) >= 11 is 0. The van der Waals surface area contributed by atoms with E-state index < -0.39 is 5.82 Å². The summed E-state index contributed by atoms with van der Waals surface area (Å²) in [4.78, 5) is 11.7. The lowest BCUT2D eigenvalue weighted by Crippen LogP contribution is -2.13. The Bertz CT molecular complexity index is 501. The van der Waals surface area contributed by atoms with Crippen LogP contribution in [0.3, 0.4) is 0 Å². The SMILES string of the molecule is N#Cc1ccc(NC(=O)CCC2CCCC2)c(F)c1. The fraction of sp³-hybridized carbons (Fsp3) is 0.467. The van der Waals surface area contributed by atoms with Crippen LogP contribution in [0.15, 0.2) is 18.2 Å². The first-order valence-corrected chi connectivity index (χ1v) is 6.68. The molecule has 0 radical (unpaired) electrons. The average molecular weight is 260 g/mol. The maximum Gasteiger partial charge on any atom is 0.224 e. The zero-order chi connectivity index (χ0) is 13.7. The van der Waals surface area contributed by atoms with Gasteiger partial charge in [0.25, 0.3) is 0 Å². The number of halogens is 1. The van der Waals surface area contributed by atoms with E-state index in [1.807, 2.05) is 6.07 Å². The van der Waals surface area contributed by atoms with Gasteiger partial charge in [-0.2, -0.15) is 5.26 Å². The Morgan fingerprint density at radius 1 is 1.42 bits per heavy atom. The van der Waals surface area contributed by atoms with E-state index in [4.69, 9.17) is 5.26 Å². The molecule has 1 N–H and O–H groups in total. The van der Waals surface area contributed by atoms with Gasteiger partial charge in [0.1, 0.15) is 5.82 Å². The summed E-state index contributed by atoms with van der Waals surface area (Å²) in [5, 5.41) is 11.2. The number of rotatable bonds is 4. The van der Waals surface area contributed by atoms with E-state index >= 15 is 0 Å². The van der Waals surface area contributed by atoms with Crippen molar-refractivity contribution in [3.63, 3.8) is 0 Å². The molecule has 1 aliphatic rings. The van der Waals surface area contributed by atoms with Crippen molar-refractivity contribution < 1.29 is 9.18 Å². The summed E-state index contributed by atoms with van der Waals surface area (Å²) < 4.78 is 13.6. The Kier molecular flexibility index (Phi) is 4.51. The minimum atomic E-state index is -0.562. The number of anilines is 1. The van der Waals surface area contributed by atoms with Crippen LogP contribution in [0.1, 0.15) is 44.1 Å². The van der Waals surface area contributed by atoms with Crippen molar-refractivity contribution in [1.82, 2.24) is 0 Å². The molecule has 100 valence electrons. The smallest absolute Gasteiger partial charge is 0.224 e. The molecular formula is C15H17FN2O. The Hall–Kier alpha value is -1.89. The molecule has 1 aliphatic carbocycles. The summed E-state index contributed by atoms with van der Waals surface area (Å²) in [6, 6.07) is 5.92. The molecule has 2 rings (SSSR count). The number of nitrogens with zero attached hydrogens (tertiary/aromatic N) is 1. The average Bonchev–Trinajstić information content (AvgIpc) is 2.92. The Labute approximate surface area is 112 Å². The molecule has 0 spiro atoms. The number of hydrogen-bond donors (Lipinski definition) is 1. The topological polar surface area (TPSA) is 52.9 Å². The number of carbonyl (C=O) groups is 1. The molecule has 1 fully saturated rings. The van der Waals surface area contributed by atoms with E-state index in [1.54, 1.807) is 0 Å². The van der Waals surface area contributed by atoms with Crippen molar-refractivity contribution in [2.45, 2.75) is 38.5 Å². The zero-order valence-electron chi connectivity index (χ0n) is 10.8. The minimum absolute atomic E-state index is 0.149. The van der Waals surface area contributed by atoms with Crippen molar-refractivity contribution in [2.75, 3.05) is 5.32 Å². The molecule has 0 aliphatic heterocycles. The van der Waals surface area contributed by atoms with Crippen molar-refractivity contribution in [3.05, 3.63) is 29.6 Å². The van der Waals surface area contributed by atoms with Crippen LogP contribution >= 0.6 is 0 Å². The van der Waals surface area contributed by atoms with Gasteiger partial charge in [0.05, 0.1) is 17.3 Å². The lowest BCUT2D eigenvalue weighted by molar-refractivity contribution is -0.116. The van der Waals surface area contributed by atoms with Crippen molar-refractivity contribution in [1.29, 1.82) is 5.26 Å². The van der Waals surface area contributed by atoms with E-state index in [0.717, 1.165) is 12.5 Å². The molecule has 19 heavy (non-hydrogen) atoms. The Morgan fingerprint density at radius 2 is 2.16 bits per heavy atom. The summed E-state index contributed by atoms with van der Waals surface area (Å²) in [6.07, 6.45) is 6.25. The number of benzene rings is 1. The largest absolute Gasteiger partial charge is 0.324 e. The third-order valence-electron chi connectivity index (χ3n) is 3.63. The van der Waals surface area contributed by atoms with E-state index in [2.05, 4.69) is 5.32 Å². The normalized spacial score (nSPS) is 15.2. The molecule has 0 atom stereocenters. The van der Waals surface area contributed by atoms with Crippen molar-refractivity contribution in [2.24, 2.45) is 5.92 Å². The van der Waals surface area contributed by atoms with Crippen molar-refractivity contribution >= 4 is 11.6 Å². The van der Waals surface area contributed by atoms with Crippen LogP contribution in [-0.4, -0.2) is 5.91 Å². The first kappa shape index (κ1) is 13.5. The number of nitriles is 1. The summed E-state index contributed by atoms with van der Waals surface area (Å²) in [5.41, 5.74) is 0.400. The second-order valence-corrected chi connectivity index (χ2v) is 5.04. The molecule has 1 amide bonds. The van der Waals surface area contributed by atoms with Gasteiger partial charge >= 0.3 is 0 Å². The van der Waals surface area contributed by atoms with Gasteiger partial charge in [0.2, 0.25) is 5.91 Å². The van der Waals surface area contributed by atoms with Gasteiger partial charge < -0.3 is 5.32 Å². The molecule has 0 aromatic heterocycles. The van der Waals surface area contributed by atoms with Crippen LogP contribution in [0, 0.1) is 23.1 Å². The number of carbonyl (C=O) groups excluding carboxylic acids is 1. The van der Waals surface area contributed by atoms with E-state index in [-0.39, 0.29) is 17.2 Å². The third-order valence-corrected chi connectivity index (χ3v) is 3.63. The van der Waals surface area contributed by atoms with Gasteiger partial charge in [-0.1, -0.05) is 25.7 Å². The van der Waals surface area contributed by atoms with Gasteiger partial charge in [-0.3, -0.25) is 4.79 Å². The van der Waals surface area contributed by atoms with Gasteiger partial charge in [0.15, 0.2) is 0 Å². The van der Waals surface area contributed by atoms with Gasteiger partial charge in [-0.15, -0.1) is 0 Å². The molecule has 4 heteroatoms. The quantitative estimate of drug-likeness (QED) is 0.899. The first-order chi connectivity index (χ1) is 9.19. The second kappa shape index (κ2) is 6.33. The van der Waals surface area contributed by atoms with Crippen molar-refractivity contribution in [3.8, 4) is 6.07 Å². The molecule has 1 aromatic rings. The summed E-state index contributed by atoms with van der Waals surface area (Å²) in [7, 11) is 0. The van der Waals surface area contributed by atoms with Crippen LogP contribution in [0.5, 0.6) is 0 Å². The highest BCUT2D eigenvalue weighted by atomic mass is 19.1. The standard InChI is InChI=1S/C15H17FN2O/c16-13-9-12(10-17)5-7-14(13)18-15(19)8-6-11-3-1-2-4-11/h5,7,9,11H,1-4,6,8H2,(H,18,19). The van der Waals surface area contributed by atoms with Gasteiger partial charge in [-0.05, 0) is 30.5 Å². The van der Waals surface area contributed by atoms with Crippen LogP contribution in [0.4, 0.5) is 10.1 Å². The predicted molar refractivity (Wildman–Crippen MR) is 70.9 cm³/mol. The number of amides is 1. The predicted octanol–water partition coefficient (Wildman–Crippen LogP) is 3.61. The van der Waals surface area contributed by atoms with Crippen LogP contribution in [0.25, 0.3) is 0 Å². The first-order valence-electron chi connectivity index (χ1n) is 6.68. The second-order valence-electron chi connectivity index (χ2n) is 5.04. The van der Waals surface area contributed by atoms with E-state index in [9.17, 15) is 9.18 Å². The number of nitrogens with one attached hydrogen (secondary N) is 1. The third kappa shape index (κ3) is 3.78. The van der Waals surface area contributed by atoms with Crippen LogP contribution in [0.2, 0.25) is 0 Å². The lowest BCUT2D eigenvalue weighted by atomic mass is 10.0. The Balaban J connectivity index is 1.86. The van der Waals surface area contributed by atoms with E-state index in [1.165, 1.54) is 37.8 Å². The maximum atomic E-state index is 13.6. The fourth-order valence-electron chi connectivity index (χ4n) is 2.53. The molecular weight excluding hydrogens is 243 g/mol. The maximum absolute atomic E-state index is 13.6. The molecule has 0 bridgehead atoms. The van der Waals surface area contributed by atoms with Gasteiger partial charge in [-0.25, -0.2) is 4.39 Å². The molecule has 0 unspecified atom stereocenters. The summed E-state index contributed by atoms with van der Waals surface area (Å²) in [6.45, 7) is 0. The zero-order valence-corrected chi connectivity index (χ0v) is 10.8. The highest BCUT2D eigenvalue weighted by Crippen LogP contribution is 2.28. The molecule has 1 aromatic carbocycles. The molecule has 1 saturated carbocycles. The minimum Gasteiger partial charge on any atom is -0.324 e. The molecule has 0 saturated heterocycles. The monoisotopic (exact) mass is 260 g/mol. The lowest BCUT2D eigenvalue weighted by Gasteiger charge is -2.09. The fourth-order valence-corrected chi connectivity index (χ4v) is 2.53. The van der Waals surface area contributed by atoms with Crippen LogP contribution in [-0.2, 0) is 4.79 Å². The number of hydrogen-bond acceptors (Lipinski definition) is 2. The highest BCUT2D eigenvalue weighted by Gasteiger charge is 2.16. The molecule has 0 heterocycles. The Morgan fingerprint density at radius 3 is 2.79 bits per heavy atom. The van der Waals surface area contributed by atoms with E-state index in [0.29, 0.717) is 12.3 Å². The summed E-state index contributed by atoms with van der Waals surface area (Å²) in [5.74, 6) is -0.0691. The van der Waals surface area contributed by atoms with Crippen LogP contribution < -0.4 is 5.32 Å². The van der Waals surface area contributed by atoms with Gasteiger partial charge in [0, 0.05) is 6.42 Å². The highest BCUT2D eigenvalue weighted by molar-refractivity contribution is 5.90. The molecule has 3 nitrogen and oxygen atoms in total.